The smallest absolute Gasteiger partial charge is 0.409 e. The fraction of sp³-hybridized carbons (Fsp3) is 0.419. The molecule has 0 heterocycles. The molecule has 0 fully saturated rings. The average Bonchev–Trinajstić information content (AvgIpc) is 3.54. The summed E-state index contributed by atoms with van der Waals surface area (Å²) in [6.45, 7) is 5.28. The van der Waals surface area contributed by atoms with E-state index in [1.807, 2.05) is 48.5 Å². The predicted molar refractivity (Wildman–Crippen MR) is 223 cm³/mol. The van der Waals surface area contributed by atoms with Crippen LogP contribution in [0.2, 0.25) is 0 Å². The number of primary amides is 1. The van der Waals surface area contributed by atoms with Gasteiger partial charge in [-0.05, 0) is 72.1 Å². The Bertz CT molecular complexity index is 1960. The van der Waals surface area contributed by atoms with Crippen LogP contribution >= 0.6 is 0 Å². The number of ether oxygens (including phenoxy) is 2. The number of rotatable bonds is 20. The van der Waals surface area contributed by atoms with Crippen LogP contribution in [0.4, 0.5) is 20.1 Å². The number of alkyl carbamates (subject to hydrolysis) is 1. The van der Waals surface area contributed by atoms with Gasteiger partial charge in [-0.1, -0.05) is 74.5 Å². The van der Waals surface area contributed by atoms with Gasteiger partial charge in [-0.3, -0.25) is 14.4 Å². The van der Waals surface area contributed by atoms with Crippen molar-refractivity contribution in [3.63, 3.8) is 0 Å². The third kappa shape index (κ3) is 12.9. The lowest BCUT2D eigenvalue weighted by Gasteiger charge is -2.25. The van der Waals surface area contributed by atoms with Crippen molar-refractivity contribution in [3.8, 4) is 11.1 Å². The number of carboxylic acid groups (broad SMARTS) is 1. The normalized spacial score (nSPS) is 13.1. The molecule has 1 unspecified atom stereocenters. The Kier molecular flexibility index (Phi) is 16.8. The summed E-state index contributed by atoms with van der Waals surface area (Å²) in [5, 5.41) is 19.8. The first-order valence-corrected chi connectivity index (χ1v) is 19.8. The van der Waals surface area contributed by atoms with E-state index in [9.17, 15) is 33.6 Å². The fourth-order valence-corrected chi connectivity index (χ4v) is 6.64. The monoisotopic (exact) mass is 829 g/mol. The lowest BCUT2D eigenvalue weighted by atomic mass is 9.98. The number of urea groups is 1. The summed E-state index contributed by atoms with van der Waals surface area (Å²) in [5.74, 6) is -3.16. The van der Waals surface area contributed by atoms with E-state index in [0.29, 0.717) is 24.1 Å². The second-order valence-electron chi connectivity index (χ2n) is 15.0. The number of hydrogen-bond acceptors (Lipinski definition) is 9. The van der Waals surface area contributed by atoms with Crippen LogP contribution in [0, 0.1) is 5.92 Å². The van der Waals surface area contributed by atoms with E-state index >= 15 is 0 Å². The van der Waals surface area contributed by atoms with Gasteiger partial charge in [0.05, 0.1) is 0 Å². The molecule has 3 aromatic rings. The first kappa shape index (κ1) is 46.0. The standard InChI is InChI=1S/C43H55N7O10/c1-26(2)37(48-42(57)59-25-34-32-14-8-6-12-30(32)31-13-7-9-15-33(31)34)39(53)47-35(16-10-22-45-41(44)56)38(52)46-29-20-18-28(19-21-29)24-60-43(58)49(4)23-11-17-36(51)50(5)27(3)40(54)55/h6-9,12-15,18-21,26-27,34-35,37H,10-11,16-17,22-25H2,1-5H3,(H,46,52)(H,47,53)(H,48,57)(H,54,55)(H3,44,45,56)/t27?,35-,37-/m0/s1. The lowest BCUT2D eigenvalue weighted by molar-refractivity contribution is -0.148. The Hall–Kier alpha value is -6.65. The molecule has 0 aliphatic heterocycles. The fourth-order valence-electron chi connectivity index (χ4n) is 6.64. The van der Waals surface area contributed by atoms with Crippen molar-refractivity contribution < 1.29 is 48.1 Å². The van der Waals surface area contributed by atoms with Crippen LogP contribution < -0.4 is 27.0 Å². The Morgan fingerprint density at radius 2 is 1.42 bits per heavy atom. The van der Waals surface area contributed by atoms with E-state index in [1.165, 1.54) is 25.9 Å². The van der Waals surface area contributed by atoms with Crippen LogP contribution in [0.15, 0.2) is 72.8 Å². The molecular formula is C43H55N7O10. The van der Waals surface area contributed by atoms with Crippen molar-refractivity contribution in [3.05, 3.63) is 89.5 Å². The minimum Gasteiger partial charge on any atom is -0.480 e. The van der Waals surface area contributed by atoms with Crippen molar-refractivity contribution >= 4 is 47.6 Å². The SMILES string of the molecule is CC(C)[C@H](NC(=O)OCC1c2ccccc2-c2ccccc21)C(=O)N[C@@H](CCCNC(N)=O)C(=O)Nc1ccc(COC(=O)N(C)CCCC(=O)N(C)C(C)C(=O)O)cc1. The Balaban J connectivity index is 1.30. The highest BCUT2D eigenvalue weighted by molar-refractivity contribution is 5.98. The Morgan fingerprint density at radius 3 is 2.00 bits per heavy atom. The lowest BCUT2D eigenvalue weighted by Crippen LogP contribution is -2.54. The quantitative estimate of drug-likeness (QED) is 0.0878. The second kappa shape index (κ2) is 21.9. The third-order valence-electron chi connectivity index (χ3n) is 10.3. The highest BCUT2D eigenvalue weighted by Gasteiger charge is 2.32. The molecule has 17 heteroatoms. The van der Waals surface area contributed by atoms with Gasteiger partial charge in [-0.2, -0.15) is 0 Å². The summed E-state index contributed by atoms with van der Waals surface area (Å²) in [5.41, 5.74) is 10.5. The maximum absolute atomic E-state index is 13.7. The molecule has 0 radical (unpaired) electrons. The van der Waals surface area contributed by atoms with Gasteiger partial charge < -0.3 is 51.4 Å². The molecular weight excluding hydrogens is 775 g/mol. The van der Waals surface area contributed by atoms with Crippen LogP contribution in [0.25, 0.3) is 11.1 Å². The van der Waals surface area contributed by atoms with Crippen molar-refractivity contribution in [1.29, 1.82) is 0 Å². The molecule has 3 atom stereocenters. The van der Waals surface area contributed by atoms with Crippen molar-refractivity contribution in [2.45, 2.75) is 77.1 Å². The van der Waals surface area contributed by atoms with Crippen molar-refractivity contribution in [2.75, 3.05) is 39.1 Å². The molecule has 7 N–H and O–H groups in total. The molecule has 0 bridgehead atoms. The summed E-state index contributed by atoms with van der Waals surface area (Å²) < 4.78 is 11.1. The minimum absolute atomic E-state index is 0.0576. The number of benzene rings is 3. The summed E-state index contributed by atoms with van der Waals surface area (Å²) in [7, 11) is 2.94. The molecule has 60 heavy (non-hydrogen) atoms. The molecule has 1 aliphatic carbocycles. The number of nitrogens with zero attached hydrogens (tertiary/aromatic N) is 2. The number of aliphatic carboxylic acids is 1. The van der Waals surface area contributed by atoms with Crippen LogP contribution in [0.1, 0.15) is 69.1 Å². The topological polar surface area (TPSA) is 239 Å². The van der Waals surface area contributed by atoms with Crippen LogP contribution in [0.5, 0.6) is 0 Å². The van der Waals surface area contributed by atoms with Crippen molar-refractivity contribution in [2.24, 2.45) is 11.7 Å². The predicted octanol–water partition coefficient (Wildman–Crippen LogP) is 4.40. The van der Waals surface area contributed by atoms with Gasteiger partial charge >= 0.3 is 24.2 Å². The number of carboxylic acids is 1. The van der Waals surface area contributed by atoms with Gasteiger partial charge in [-0.25, -0.2) is 19.2 Å². The highest BCUT2D eigenvalue weighted by Crippen LogP contribution is 2.44. The largest absolute Gasteiger partial charge is 0.480 e. The van der Waals surface area contributed by atoms with Gasteiger partial charge in [0.2, 0.25) is 17.7 Å². The maximum Gasteiger partial charge on any atom is 0.409 e. The zero-order chi connectivity index (χ0) is 43.9. The summed E-state index contributed by atoms with van der Waals surface area (Å²) in [6, 6.07) is 18.6. The average molecular weight is 830 g/mol. The molecule has 4 rings (SSSR count). The zero-order valence-corrected chi connectivity index (χ0v) is 34.6. The first-order chi connectivity index (χ1) is 28.6. The van der Waals surface area contributed by atoms with E-state index in [4.69, 9.17) is 20.3 Å². The molecule has 7 amide bonds. The third-order valence-corrected chi connectivity index (χ3v) is 10.3. The molecule has 17 nitrogen and oxygen atoms in total. The zero-order valence-electron chi connectivity index (χ0n) is 34.6. The number of fused-ring (bicyclic) bond motifs is 3. The van der Waals surface area contributed by atoms with Crippen LogP contribution in [-0.4, -0.2) is 109 Å². The van der Waals surface area contributed by atoms with Gasteiger partial charge in [-0.15, -0.1) is 0 Å². The number of nitrogens with two attached hydrogens (primary N) is 1. The molecule has 1 aliphatic rings. The first-order valence-electron chi connectivity index (χ1n) is 19.8. The number of likely N-dealkylation sites (N-methyl/N-ethyl adjacent to an activating group) is 1. The summed E-state index contributed by atoms with van der Waals surface area (Å²) >= 11 is 0. The van der Waals surface area contributed by atoms with E-state index in [1.54, 1.807) is 38.1 Å². The van der Waals surface area contributed by atoms with E-state index < -0.39 is 54.1 Å². The van der Waals surface area contributed by atoms with Gasteiger partial charge in [0.1, 0.15) is 31.3 Å². The summed E-state index contributed by atoms with van der Waals surface area (Å²) in [4.78, 5) is 90.0. The highest BCUT2D eigenvalue weighted by atomic mass is 16.6. The van der Waals surface area contributed by atoms with Crippen LogP contribution in [0.3, 0.4) is 0 Å². The second-order valence-corrected chi connectivity index (χ2v) is 15.0. The van der Waals surface area contributed by atoms with Gasteiger partial charge in [0, 0.05) is 45.2 Å². The molecule has 0 saturated carbocycles. The van der Waals surface area contributed by atoms with E-state index in [2.05, 4.69) is 21.3 Å². The number of nitrogens with one attached hydrogen (secondary N) is 4. The number of carbonyl (C=O) groups excluding carboxylic acids is 6. The molecule has 0 aromatic heterocycles. The van der Waals surface area contributed by atoms with Crippen LogP contribution in [-0.2, 0) is 35.3 Å². The Morgan fingerprint density at radius 1 is 0.800 bits per heavy atom. The van der Waals surface area contributed by atoms with Gasteiger partial charge in [0.15, 0.2) is 0 Å². The summed E-state index contributed by atoms with van der Waals surface area (Å²) in [6.07, 6.45) is -0.607. The van der Waals surface area contributed by atoms with Gasteiger partial charge in [0.25, 0.3) is 0 Å². The Labute approximate surface area is 349 Å². The number of amides is 7. The van der Waals surface area contributed by atoms with E-state index in [-0.39, 0.29) is 56.9 Å². The number of anilines is 1. The molecule has 3 aromatic carbocycles. The minimum atomic E-state index is -1.11. The van der Waals surface area contributed by atoms with Crippen molar-refractivity contribution in [1.82, 2.24) is 25.8 Å². The maximum atomic E-state index is 13.7. The van der Waals surface area contributed by atoms with E-state index in [0.717, 1.165) is 27.2 Å². The number of hydrogen-bond donors (Lipinski definition) is 6. The molecule has 0 spiro atoms. The molecule has 0 saturated heterocycles. The number of carbonyl (C=O) groups is 7. The molecule has 322 valence electrons.